The van der Waals surface area contributed by atoms with Crippen molar-refractivity contribution in [3.8, 4) is 11.5 Å². The Bertz CT molecular complexity index is 1000. The number of amides is 1. The van der Waals surface area contributed by atoms with Gasteiger partial charge in [-0.25, -0.2) is 4.98 Å². The average molecular weight is 396 g/mol. The fraction of sp³-hybridized carbons (Fsp3) is 0.333. The van der Waals surface area contributed by atoms with Crippen LogP contribution in [-0.2, 0) is 17.8 Å². The van der Waals surface area contributed by atoms with Gasteiger partial charge in [-0.05, 0) is 36.2 Å². The minimum absolute atomic E-state index is 0.00899. The summed E-state index contributed by atoms with van der Waals surface area (Å²) in [6, 6.07) is 13.5. The van der Waals surface area contributed by atoms with Crippen LogP contribution in [0.5, 0.6) is 11.5 Å². The summed E-state index contributed by atoms with van der Waals surface area (Å²) in [5.74, 6) is 1.99. The van der Waals surface area contributed by atoms with Gasteiger partial charge in [0.1, 0.15) is 19.8 Å². The molecule has 0 saturated carbocycles. The van der Waals surface area contributed by atoms with Gasteiger partial charge >= 0.3 is 0 Å². The van der Waals surface area contributed by atoms with Gasteiger partial charge in [0.15, 0.2) is 11.5 Å². The normalized spacial score (nSPS) is 12.7. The highest BCUT2D eigenvalue weighted by molar-refractivity contribution is 5.83. The molecule has 1 aromatic heterocycles. The number of aliphatic hydroxyl groups is 1. The molecule has 3 N–H and O–H groups in total. The molecular weight excluding hydrogens is 372 g/mol. The summed E-state index contributed by atoms with van der Waals surface area (Å²) in [5.41, 5.74) is 2.75. The van der Waals surface area contributed by atoms with Crippen molar-refractivity contribution in [3.63, 3.8) is 0 Å². The predicted molar refractivity (Wildman–Crippen MR) is 109 cm³/mol. The second kappa shape index (κ2) is 8.83. The van der Waals surface area contributed by atoms with E-state index in [9.17, 15) is 4.79 Å². The highest BCUT2D eigenvalue weighted by Gasteiger charge is 2.14. The third-order valence-corrected chi connectivity index (χ3v) is 4.69. The quantitative estimate of drug-likeness (QED) is 0.535. The smallest absolute Gasteiger partial charge is 0.240 e. The zero-order valence-corrected chi connectivity index (χ0v) is 16.1. The van der Waals surface area contributed by atoms with Gasteiger partial charge < -0.3 is 29.8 Å². The first-order chi connectivity index (χ1) is 14.2. The Morgan fingerprint density at radius 3 is 2.79 bits per heavy atom. The summed E-state index contributed by atoms with van der Waals surface area (Å²) in [4.78, 5) is 17.0. The molecule has 3 aromatic rings. The molecule has 8 heteroatoms. The maximum Gasteiger partial charge on any atom is 0.240 e. The largest absolute Gasteiger partial charge is 0.486 e. The maximum atomic E-state index is 12.5. The van der Waals surface area contributed by atoms with Crippen LogP contribution < -0.4 is 20.1 Å². The number of imidazole rings is 1. The molecule has 0 bridgehead atoms. The molecule has 29 heavy (non-hydrogen) atoms. The van der Waals surface area contributed by atoms with E-state index in [1.807, 2.05) is 47.0 Å². The predicted octanol–water partition coefficient (Wildman–Crippen LogP) is 1.57. The van der Waals surface area contributed by atoms with Crippen LogP contribution in [0.2, 0.25) is 0 Å². The molecule has 0 atom stereocenters. The number of nitrogens with one attached hydrogen (secondary N) is 2. The first-order valence-electron chi connectivity index (χ1n) is 9.70. The molecule has 0 saturated heterocycles. The summed E-state index contributed by atoms with van der Waals surface area (Å²) in [6.07, 6.45) is 0.697. The maximum absolute atomic E-state index is 12.5. The number of aromatic nitrogens is 2. The number of nitrogens with zero attached hydrogens (tertiary/aromatic N) is 2. The van der Waals surface area contributed by atoms with Crippen molar-refractivity contribution < 1.29 is 19.4 Å². The number of rotatable bonds is 8. The molecule has 0 radical (unpaired) electrons. The Labute approximate surface area is 168 Å². The summed E-state index contributed by atoms with van der Waals surface area (Å²) >= 11 is 0. The van der Waals surface area contributed by atoms with Gasteiger partial charge in [0.05, 0.1) is 17.6 Å². The van der Waals surface area contributed by atoms with Gasteiger partial charge in [-0.1, -0.05) is 18.2 Å². The molecule has 0 fully saturated rings. The van der Waals surface area contributed by atoms with E-state index < -0.39 is 0 Å². The number of aliphatic hydroxyl groups excluding tert-OH is 1. The van der Waals surface area contributed by atoms with Crippen LogP contribution in [0.15, 0.2) is 42.5 Å². The number of hydrogen-bond acceptors (Lipinski definition) is 6. The molecule has 1 aliphatic rings. The molecular formula is C21H24N4O4. The second-order valence-electron chi connectivity index (χ2n) is 6.74. The lowest BCUT2D eigenvalue weighted by Gasteiger charge is -2.19. The molecule has 1 amide bonds. The number of ether oxygens (including phenoxy) is 2. The van der Waals surface area contributed by atoms with Crippen LogP contribution in [0, 0.1) is 0 Å². The van der Waals surface area contributed by atoms with Gasteiger partial charge in [0, 0.05) is 13.1 Å². The molecule has 0 aliphatic carbocycles. The highest BCUT2D eigenvalue weighted by Crippen LogP contribution is 2.30. The summed E-state index contributed by atoms with van der Waals surface area (Å²) in [6.45, 7) is 2.15. The summed E-state index contributed by atoms with van der Waals surface area (Å²) < 4.78 is 13.0. The third-order valence-electron chi connectivity index (χ3n) is 4.69. The van der Waals surface area contributed by atoms with E-state index in [0.29, 0.717) is 38.7 Å². The van der Waals surface area contributed by atoms with Crippen molar-refractivity contribution in [2.45, 2.75) is 13.0 Å². The van der Waals surface area contributed by atoms with E-state index in [0.717, 1.165) is 28.1 Å². The Morgan fingerprint density at radius 1 is 1.10 bits per heavy atom. The number of fused-ring (bicyclic) bond motifs is 2. The van der Waals surface area contributed by atoms with Crippen LogP contribution in [0.25, 0.3) is 11.0 Å². The average Bonchev–Trinajstić information content (AvgIpc) is 3.09. The van der Waals surface area contributed by atoms with Crippen molar-refractivity contribution in [2.75, 3.05) is 38.2 Å². The van der Waals surface area contributed by atoms with Crippen molar-refractivity contribution >= 4 is 22.9 Å². The Hall–Kier alpha value is -3.26. The number of carbonyl (C=O) groups excluding carboxylic acids is 1. The van der Waals surface area contributed by atoms with E-state index in [2.05, 4.69) is 15.6 Å². The van der Waals surface area contributed by atoms with E-state index >= 15 is 0 Å². The molecule has 1 aliphatic heterocycles. The lowest BCUT2D eigenvalue weighted by molar-refractivity contribution is -0.121. The minimum Gasteiger partial charge on any atom is -0.486 e. The van der Waals surface area contributed by atoms with Crippen LogP contribution in [0.1, 0.15) is 5.56 Å². The second-order valence-corrected chi connectivity index (χ2v) is 6.74. The number of benzene rings is 2. The van der Waals surface area contributed by atoms with E-state index in [-0.39, 0.29) is 19.1 Å². The molecule has 8 nitrogen and oxygen atoms in total. The fourth-order valence-electron chi connectivity index (χ4n) is 3.33. The minimum atomic E-state index is -0.0993. The molecule has 4 rings (SSSR count). The van der Waals surface area contributed by atoms with E-state index in [1.54, 1.807) is 0 Å². The standard InChI is InChI=1S/C21H24N4O4/c26-10-9-23-21-24-16-3-1-2-4-17(16)25(21)14-20(27)22-8-7-15-5-6-18-19(13-15)29-12-11-28-18/h1-6,13,26H,7-12,14H2,(H,22,27)(H,23,24). The number of para-hydroxylation sites is 2. The third kappa shape index (κ3) is 4.43. The number of anilines is 1. The van der Waals surface area contributed by atoms with E-state index in [4.69, 9.17) is 14.6 Å². The van der Waals surface area contributed by atoms with Gasteiger partial charge in [-0.15, -0.1) is 0 Å². The van der Waals surface area contributed by atoms with Gasteiger partial charge in [0.25, 0.3) is 0 Å². The first-order valence-corrected chi connectivity index (χ1v) is 9.70. The van der Waals surface area contributed by atoms with Crippen LogP contribution in [-0.4, -0.2) is 53.5 Å². The molecule has 0 unspecified atom stereocenters. The topological polar surface area (TPSA) is 97.6 Å². The SMILES string of the molecule is O=C(Cn1c(NCCO)nc2ccccc21)NCCc1ccc2c(c1)OCCO2. The summed E-state index contributed by atoms with van der Waals surface area (Å²) in [7, 11) is 0. The summed E-state index contributed by atoms with van der Waals surface area (Å²) in [5, 5.41) is 15.1. The van der Waals surface area contributed by atoms with Crippen molar-refractivity contribution in [2.24, 2.45) is 0 Å². The number of hydrogen-bond donors (Lipinski definition) is 3. The van der Waals surface area contributed by atoms with E-state index in [1.165, 1.54) is 0 Å². The Kier molecular flexibility index (Phi) is 5.81. The monoisotopic (exact) mass is 396 g/mol. The molecule has 152 valence electrons. The zero-order valence-electron chi connectivity index (χ0n) is 16.1. The lowest BCUT2D eigenvalue weighted by Crippen LogP contribution is -2.30. The van der Waals surface area contributed by atoms with Crippen LogP contribution in [0.3, 0.4) is 0 Å². The highest BCUT2D eigenvalue weighted by atomic mass is 16.6. The Morgan fingerprint density at radius 2 is 1.93 bits per heavy atom. The number of carbonyl (C=O) groups is 1. The Balaban J connectivity index is 1.37. The van der Waals surface area contributed by atoms with Crippen molar-refractivity contribution in [1.29, 1.82) is 0 Å². The van der Waals surface area contributed by atoms with Crippen molar-refractivity contribution in [1.82, 2.24) is 14.9 Å². The van der Waals surface area contributed by atoms with Gasteiger partial charge in [0.2, 0.25) is 11.9 Å². The van der Waals surface area contributed by atoms with Gasteiger partial charge in [-0.2, -0.15) is 0 Å². The molecule has 2 aromatic carbocycles. The first kappa shape index (κ1) is 19.1. The molecule has 0 spiro atoms. The van der Waals surface area contributed by atoms with Crippen LogP contribution >= 0.6 is 0 Å². The fourth-order valence-corrected chi connectivity index (χ4v) is 3.33. The lowest BCUT2D eigenvalue weighted by atomic mass is 10.1. The van der Waals surface area contributed by atoms with Crippen LogP contribution in [0.4, 0.5) is 5.95 Å². The van der Waals surface area contributed by atoms with Gasteiger partial charge in [-0.3, -0.25) is 4.79 Å². The van der Waals surface area contributed by atoms with Crippen molar-refractivity contribution in [3.05, 3.63) is 48.0 Å². The zero-order chi connectivity index (χ0) is 20.1. The molecule has 2 heterocycles.